The summed E-state index contributed by atoms with van der Waals surface area (Å²) in [6, 6.07) is 0. The molecule has 3 nitrogen and oxygen atoms in total. The Hall–Kier alpha value is -0.700. The normalized spacial score (nSPS) is 50.9. The van der Waals surface area contributed by atoms with Gasteiger partial charge in [-0.25, -0.2) is 0 Å². The molecule has 29 heavy (non-hydrogen) atoms. The molecule has 162 valence electrons. The fourth-order valence-corrected chi connectivity index (χ4v) is 8.79. The third-order valence-corrected chi connectivity index (χ3v) is 10.5. The van der Waals surface area contributed by atoms with Gasteiger partial charge in [0.15, 0.2) is 0 Å². The van der Waals surface area contributed by atoms with Gasteiger partial charge >= 0.3 is 0 Å². The Morgan fingerprint density at radius 1 is 1.07 bits per heavy atom. The maximum Gasteiger partial charge on any atom is 0.136 e. The number of aliphatic hydroxyl groups excluding tert-OH is 1. The third kappa shape index (κ3) is 3.25. The molecule has 5 rings (SSSR count). The molecular formula is C26H41NO2. The Morgan fingerprint density at radius 2 is 1.86 bits per heavy atom. The van der Waals surface area contributed by atoms with Gasteiger partial charge in [-0.15, -0.1) is 0 Å². The minimum absolute atomic E-state index is 0.124. The first-order valence-corrected chi connectivity index (χ1v) is 12.6. The topological polar surface area (TPSA) is 49.7 Å². The highest BCUT2D eigenvalue weighted by Crippen LogP contribution is 2.63. The first kappa shape index (κ1) is 20.2. The zero-order valence-corrected chi connectivity index (χ0v) is 18.8. The Kier molecular flexibility index (Phi) is 5.20. The molecule has 0 aromatic rings. The molecule has 0 saturated heterocycles. The number of aliphatic imine (C=N–C) groups is 1. The SMILES string of the molecule is C[C@H]1CCC([C@@H](C)[C@H]2CC[C@@H]3[C@@H]2CC[C@H]2[C@H]3CC(=O)[C@H]3C[C@@H](O)CC[C@@]32C)=NC1. The predicted octanol–water partition coefficient (Wildman–Crippen LogP) is 5.30. The Balaban J connectivity index is 1.34. The Labute approximate surface area is 177 Å². The molecule has 1 aliphatic heterocycles. The van der Waals surface area contributed by atoms with Crippen LogP contribution in [-0.2, 0) is 4.79 Å². The number of aliphatic hydroxyl groups is 1. The van der Waals surface area contributed by atoms with E-state index in [2.05, 4.69) is 20.8 Å². The predicted molar refractivity (Wildman–Crippen MR) is 117 cm³/mol. The van der Waals surface area contributed by atoms with E-state index < -0.39 is 0 Å². The molecule has 0 aromatic carbocycles. The van der Waals surface area contributed by atoms with Gasteiger partial charge in [-0.2, -0.15) is 0 Å². The van der Waals surface area contributed by atoms with Crippen molar-refractivity contribution >= 4 is 11.5 Å². The van der Waals surface area contributed by atoms with Crippen LogP contribution in [0.3, 0.4) is 0 Å². The van der Waals surface area contributed by atoms with Crippen LogP contribution < -0.4 is 0 Å². The van der Waals surface area contributed by atoms with Crippen molar-refractivity contribution in [2.45, 2.75) is 91.1 Å². The summed E-state index contributed by atoms with van der Waals surface area (Å²) in [6.07, 6.45) is 11.1. The number of ketones is 1. The second-order valence-corrected chi connectivity index (χ2v) is 11.8. The van der Waals surface area contributed by atoms with Crippen molar-refractivity contribution in [1.29, 1.82) is 0 Å². The average molecular weight is 400 g/mol. The monoisotopic (exact) mass is 399 g/mol. The molecule has 0 bridgehead atoms. The second-order valence-electron chi connectivity index (χ2n) is 11.8. The number of Topliss-reactive ketones (excluding diaryl/α,β-unsaturated/α-hetero) is 1. The first-order chi connectivity index (χ1) is 13.9. The fraction of sp³-hybridized carbons (Fsp3) is 0.923. The molecule has 4 saturated carbocycles. The molecule has 4 fully saturated rings. The molecule has 0 radical (unpaired) electrons. The molecule has 10 atom stereocenters. The zero-order chi connectivity index (χ0) is 20.3. The fourth-order valence-electron chi connectivity index (χ4n) is 8.79. The van der Waals surface area contributed by atoms with E-state index in [9.17, 15) is 9.90 Å². The summed E-state index contributed by atoms with van der Waals surface area (Å²) in [5.74, 6) is 5.70. The maximum atomic E-state index is 13.2. The molecule has 1 N–H and O–H groups in total. The minimum atomic E-state index is -0.249. The summed E-state index contributed by atoms with van der Waals surface area (Å²) >= 11 is 0. The maximum absolute atomic E-state index is 13.2. The van der Waals surface area contributed by atoms with Crippen molar-refractivity contribution in [2.24, 2.45) is 57.8 Å². The lowest BCUT2D eigenvalue weighted by atomic mass is 9.46. The molecule has 0 spiro atoms. The molecule has 3 heteroatoms. The van der Waals surface area contributed by atoms with Crippen LogP contribution in [0.2, 0.25) is 0 Å². The molecule has 5 aliphatic rings. The summed E-state index contributed by atoms with van der Waals surface area (Å²) in [4.78, 5) is 18.2. The number of hydrogen-bond donors (Lipinski definition) is 1. The molecule has 0 aromatic heterocycles. The molecule has 1 heterocycles. The van der Waals surface area contributed by atoms with Crippen molar-refractivity contribution in [3.8, 4) is 0 Å². The number of carbonyl (C=O) groups excluding carboxylic acids is 1. The largest absolute Gasteiger partial charge is 0.393 e. The number of fused-ring (bicyclic) bond motifs is 5. The summed E-state index contributed by atoms with van der Waals surface area (Å²) in [7, 11) is 0. The van der Waals surface area contributed by atoms with Crippen molar-refractivity contribution in [3.05, 3.63) is 0 Å². The van der Waals surface area contributed by atoms with Gasteiger partial charge in [0.05, 0.1) is 6.10 Å². The lowest BCUT2D eigenvalue weighted by Gasteiger charge is -2.58. The summed E-state index contributed by atoms with van der Waals surface area (Å²) in [6.45, 7) is 8.23. The number of carbonyl (C=O) groups is 1. The van der Waals surface area contributed by atoms with Crippen molar-refractivity contribution in [3.63, 3.8) is 0 Å². The van der Waals surface area contributed by atoms with Crippen LogP contribution in [0.15, 0.2) is 4.99 Å². The van der Waals surface area contributed by atoms with Gasteiger partial charge in [0.2, 0.25) is 0 Å². The van der Waals surface area contributed by atoms with Crippen LogP contribution in [0.5, 0.6) is 0 Å². The van der Waals surface area contributed by atoms with Crippen LogP contribution in [0, 0.1) is 52.8 Å². The van der Waals surface area contributed by atoms with Crippen LogP contribution in [-0.4, -0.2) is 29.3 Å². The van der Waals surface area contributed by atoms with E-state index in [0.717, 1.165) is 55.9 Å². The zero-order valence-electron chi connectivity index (χ0n) is 18.8. The van der Waals surface area contributed by atoms with E-state index in [4.69, 9.17) is 4.99 Å². The summed E-state index contributed by atoms with van der Waals surface area (Å²) in [5.41, 5.74) is 1.65. The Morgan fingerprint density at radius 3 is 2.62 bits per heavy atom. The lowest BCUT2D eigenvalue weighted by Crippen LogP contribution is -2.55. The van der Waals surface area contributed by atoms with E-state index in [-0.39, 0.29) is 17.4 Å². The highest BCUT2D eigenvalue weighted by Gasteiger charge is 2.59. The van der Waals surface area contributed by atoms with Gasteiger partial charge in [0.1, 0.15) is 5.78 Å². The van der Waals surface area contributed by atoms with E-state index >= 15 is 0 Å². The van der Waals surface area contributed by atoms with Crippen molar-refractivity contribution in [1.82, 2.24) is 0 Å². The molecular weight excluding hydrogens is 358 g/mol. The number of rotatable bonds is 2. The quantitative estimate of drug-likeness (QED) is 0.685. The van der Waals surface area contributed by atoms with Gasteiger partial charge in [0.25, 0.3) is 0 Å². The number of nitrogens with zero attached hydrogens (tertiary/aromatic N) is 1. The van der Waals surface area contributed by atoms with Gasteiger partial charge in [-0.1, -0.05) is 20.8 Å². The van der Waals surface area contributed by atoms with Gasteiger partial charge in [-0.3, -0.25) is 9.79 Å². The molecule has 4 aliphatic carbocycles. The van der Waals surface area contributed by atoms with Crippen LogP contribution in [0.25, 0.3) is 0 Å². The highest BCUT2D eigenvalue weighted by atomic mass is 16.3. The van der Waals surface area contributed by atoms with Crippen LogP contribution in [0.4, 0.5) is 0 Å². The summed E-state index contributed by atoms with van der Waals surface area (Å²) < 4.78 is 0. The highest BCUT2D eigenvalue weighted by molar-refractivity contribution is 5.87. The Bertz CT molecular complexity index is 686. The number of hydrogen-bond acceptors (Lipinski definition) is 3. The lowest BCUT2D eigenvalue weighted by molar-refractivity contribution is -0.154. The van der Waals surface area contributed by atoms with Gasteiger partial charge < -0.3 is 5.11 Å². The van der Waals surface area contributed by atoms with Crippen LogP contribution in [0.1, 0.15) is 85.0 Å². The van der Waals surface area contributed by atoms with Gasteiger partial charge in [0, 0.05) is 24.6 Å². The second kappa shape index (κ2) is 7.46. The van der Waals surface area contributed by atoms with E-state index in [1.165, 1.54) is 44.2 Å². The van der Waals surface area contributed by atoms with Crippen LogP contribution >= 0.6 is 0 Å². The van der Waals surface area contributed by atoms with Gasteiger partial charge in [-0.05, 0) is 105 Å². The molecule has 0 unspecified atom stereocenters. The van der Waals surface area contributed by atoms with E-state index in [1.54, 1.807) is 0 Å². The molecule has 0 amide bonds. The summed E-state index contributed by atoms with van der Waals surface area (Å²) in [5, 5.41) is 10.2. The van der Waals surface area contributed by atoms with Crippen molar-refractivity contribution in [2.75, 3.05) is 6.54 Å². The van der Waals surface area contributed by atoms with Crippen molar-refractivity contribution < 1.29 is 9.90 Å². The first-order valence-electron chi connectivity index (χ1n) is 12.6. The van der Waals surface area contributed by atoms with E-state index in [1.807, 2.05) is 0 Å². The smallest absolute Gasteiger partial charge is 0.136 e. The standard InChI is InChI=1S/C26H41NO2/c1-15-4-9-24(27-14-15)16(2)18-5-6-20-19(18)7-8-22-21(20)13-25(29)23-12-17(28)10-11-26(22,23)3/h15-23,28H,4-14H2,1-3H3/t15-,16-,17-,18+,19+,20+,21-,22-,23+,26+/m0/s1. The van der Waals surface area contributed by atoms with E-state index in [0.29, 0.717) is 23.5 Å². The average Bonchev–Trinajstić information content (AvgIpc) is 3.14. The third-order valence-electron chi connectivity index (χ3n) is 10.5. The minimum Gasteiger partial charge on any atom is -0.393 e.